The summed E-state index contributed by atoms with van der Waals surface area (Å²) >= 11 is 6.48. The minimum absolute atomic E-state index is 0.0196. The highest BCUT2D eigenvalue weighted by Gasteiger charge is 2.20. The van der Waals surface area contributed by atoms with Gasteiger partial charge in [0.1, 0.15) is 4.90 Å². The second-order valence-corrected chi connectivity index (χ2v) is 7.35. The number of aryl methyl sites for hydroxylation is 1. The maximum absolute atomic E-state index is 13.5. The molecule has 1 N–H and O–H groups in total. The molecule has 0 spiro atoms. The fraction of sp³-hybridized carbons (Fsp3) is 0.0833. The smallest absolute Gasteiger partial charge is 0.263 e. The Bertz CT molecular complexity index is 766. The van der Waals surface area contributed by atoms with Crippen LogP contribution in [0.3, 0.4) is 0 Å². The Kier molecular flexibility index (Phi) is 4.46. The first-order valence-corrected chi connectivity index (χ1v) is 8.46. The van der Waals surface area contributed by atoms with E-state index < -0.39 is 15.8 Å². The SMILES string of the molecule is Cc1cc(Br)c(S(=O)(=O)Nc2ccncc2F)cc1Br. The standard InChI is InChI=1S/C12H9Br2FN2O2S/c1-7-4-9(14)12(5-8(7)13)20(18,19)17-11-2-3-16-6-10(11)15/h2-6H,1H3,(H,16,17). The van der Waals surface area contributed by atoms with Crippen molar-refractivity contribution in [2.45, 2.75) is 11.8 Å². The topological polar surface area (TPSA) is 59.1 Å². The molecule has 0 atom stereocenters. The van der Waals surface area contributed by atoms with Crippen LogP contribution in [0.25, 0.3) is 0 Å². The molecule has 0 unspecified atom stereocenters. The molecule has 1 aromatic heterocycles. The minimum Gasteiger partial charge on any atom is -0.277 e. The van der Waals surface area contributed by atoms with Crippen LogP contribution in [0.2, 0.25) is 0 Å². The van der Waals surface area contributed by atoms with Crippen molar-refractivity contribution in [3.8, 4) is 0 Å². The molecule has 0 amide bonds. The van der Waals surface area contributed by atoms with Crippen LogP contribution < -0.4 is 4.72 Å². The van der Waals surface area contributed by atoms with Gasteiger partial charge in [-0.2, -0.15) is 0 Å². The number of halogens is 3. The second-order valence-electron chi connectivity index (χ2n) is 3.99. The van der Waals surface area contributed by atoms with Crippen molar-refractivity contribution >= 4 is 47.6 Å². The molecule has 0 radical (unpaired) electrons. The Balaban J connectivity index is 2.47. The van der Waals surface area contributed by atoms with Gasteiger partial charge in [-0.3, -0.25) is 9.71 Å². The largest absolute Gasteiger partial charge is 0.277 e. The van der Waals surface area contributed by atoms with Crippen molar-refractivity contribution in [1.29, 1.82) is 0 Å². The Labute approximate surface area is 132 Å². The Hall–Kier alpha value is -0.990. The zero-order valence-corrected chi connectivity index (χ0v) is 14.2. The van der Waals surface area contributed by atoms with Crippen LogP contribution in [-0.4, -0.2) is 13.4 Å². The van der Waals surface area contributed by atoms with Crippen molar-refractivity contribution in [2.75, 3.05) is 4.72 Å². The first kappa shape index (κ1) is 15.4. The number of anilines is 1. The zero-order valence-electron chi connectivity index (χ0n) is 10.2. The van der Waals surface area contributed by atoms with Crippen LogP contribution in [0.5, 0.6) is 0 Å². The minimum atomic E-state index is -3.90. The van der Waals surface area contributed by atoms with E-state index in [1.54, 1.807) is 6.07 Å². The van der Waals surface area contributed by atoms with Gasteiger partial charge in [0.25, 0.3) is 10.0 Å². The van der Waals surface area contributed by atoms with Gasteiger partial charge in [0.05, 0.1) is 11.9 Å². The molecule has 0 aliphatic carbocycles. The average Bonchev–Trinajstić information content (AvgIpc) is 2.36. The van der Waals surface area contributed by atoms with E-state index in [-0.39, 0.29) is 10.6 Å². The third kappa shape index (κ3) is 3.18. The molecule has 1 heterocycles. The lowest BCUT2D eigenvalue weighted by Gasteiger charge is -2.11. The summed E-state index contributed by atoms with van der Waals surface area (Å²) in [4.78, 5) is 3.58. The molecule has 0 aliphatic heterocycles. The molecular formula is C12H9Br2FN2O2S. The van der Waals surface area contributed by atoms with Crippen LogP contribution in [0, 0.1) is 12.7 Å². The van der Waals surface area contributed by atoms with Gasteiger partial charge in [-0.1, -0.05) is 15.9 Å². The Morgan fingerprint density at radius 1 is 1.25 bits per heavy atom. The van der Waals surface area contributed by atoms with E-state index in [0.29, 0.717) is 8.95 Å². The number of hydrogen-bond donors (Lipinski definition) is 1. The Morgan fingerprint density at radius 2 is 1.95 bits per heavy atom. The third-order valence-corrected chi connectivity index (χ3v) is 5.70. The highest BCUT2D eigenvalue weighted by molar-refractivity contribution is 9.11. The van der Waals surface area contributed by atoms with E-state index in [1.165, 1.54) is 18.3 Å². The number of nitrogens with zero attached hydrogens (tertiary/aromatic N) is 1. The third-order valence-electron chi connectivity index (χ3n) is 2.52. The summed E-state index contributed by atoms with van der Waals surface area (Å²) in [5.74, 6) is -0.738. The normalized spacial score (nSPS) is 11.4. The van der Waals surface area contributed by atoms with E-state index in [9.17, 15) is 12.8 Å². The summed E-state index contributed by atoms with van der Waals surface area (Å²) < 4.78 is 41.3. The molecule has 0 bridgehead atoms. The summed E-state index contributed by atoms with van der Waals surface area (Å²) in [5, 5.41) is 0. The predicted molar refractivity (Wildman–Crippen MR) is 81.6 cm³/mol. The number of pyridine rings is 1. The molecule has 8 heteroatoms. The van der Waals surface area contributed by atoms with Gasteiger partial charge >= 0.3 is 0 Å². The van der Waals surface area contributed by atoms with Crippen molar-refractivity contribution in [3.05, 3.63) is 50.9 Å². The molecule has 2 rings (SSSR count). The van der Waals surface area contributed by atoms with Gasteiger partial charge < -0.3 is 0 Å². The molecule has 4 nitrogen and oxygen atoms in total. The maximum atomic E-state index is 13.5. The molecule has 0 saturated heterocycles. The van der Waals surface area contributed by atoms with E-state index in [4.69, 9.17) is 0 Å². The zero-order chi connectivity index (χ0) is 14.9. The van der Waals surface area contributed by atoms with Gasteiger partial charge in [-0.25, -0.2) is 12.8 Å². The number of benzene rings is 1. The quantitative estimate of drug-likeness (QED) is 0.815. The maximum Gasteiger partial charge on any atom is 0.263 e. The van der Waals surface area contributed by atoms with Crippen molar-refractivity contribution in [2.24, 2.45) is 0 Å². The number of rotatable bonds is 3. The van der Waals surface area contributed by atoms with Crippen molar-refractivity contribution in [1.82, 2.24) is 4.98 Å². The first-order chi connectivity index (χ1) is 9.31. The van der Waals surface area contributed by atoms with E-state index >= 15 is 0 Å². The molecule has 106 valence electrons. The lowest BCUT2D eigenvalue weighted by Crippen LogP contribution is -2.15. The van der Waals surface area contributed by atoms with Gasteiger partial charge in [-0.05, 0) is 46.6 Å². The Morgan fingerprint density at radius 3 is 2.60 bits per heavy atom. The molecule has 0 aliphatic rings. The first-order valence-electron chi connectivity index (χ1n) is 5.39. The predicted octanol–water partition coefficient (Wildman–Crippen LogP) is 3.85. The van der Waals surface area contributed by atoms with Crippen LogP contribution in [0.15, 0.2) is 44.4 Å². The summed E-state index contributed by atoms with van der Waals surface area (Å²) in [6.45, 7) is 1.83. The molecular weight excluding hydrogens is 415 g/mol. The van der Waals surface area contributed by atoms with E-state index in [2.05, 4.69) is 41.6 Å². The highest BCUT2D eigenvalue weighted by Crippen LogP contribution is 2.30. The molecule has 0 fully saturated rings. The van der Waals surface area contributed by atoms with Gasteiger partial charge in [0.15, 0.2) is 5.82 Å². The van der Waals surface area contributed by atoms with Crippen LogP contribution >= 0.6 is 31.9 Å². The fourth-order valence-electron chi connectivity index (χ4n) is 1.49. The number of sulfonamides is 1. The molecule has 0 saturated carbocycles. The number of nitrogens with one attached hydrogen (secondary N) is 1. The second kappa shape index (κ2) is 5.79. The van der Waals surface area contributed by atoms with Crippen LogP contribution in [-0.2, 0) is 10.0 Å². The monoisotopic (exact) mass is 422 g/mol. The van der Waals surface area contributed by atoms with Gasteiger partial charge in [0.2, 0.25) is 0 Å². The molecule has 1 aromatic carbocycles. The van der Waals surface area contributed by atoms with E-state index in [1.807, 2.05) is 6.92 Å². The lowest BCUT2D eigenvalue weighted by atomic mass is 10.2. The van der Waals surface area contributed by atoms with Crippen LogP contribution in [0.4, 0.5) is 10.1 Å². The summed E-state index contributed by atoms with van der Waals surface area (Å²) in [7, 11) is -3.90. The highest BCUT2D eigenvalue weighted by atomic mass is 79.9. The van der Waals surface area contributed by atoms with Gasteiger partial charge in [0, 0.05) is 15.1 Å². The summed E-state index contributed by atoms with van der Waals surface area (Å²) in [6, 6.07) is 4.38. The average molecular weight is 424 g/mol. The molecule has 2 aromatic rings. The van der Waals surface area contributed by atoms with E-state index in [0.717, 1.165) is 11.8 Å². The number of aromatic nitrogens is 1. The van der Waals surface area contributed by atoms with Crippen molar-refractivity contribution < 1.29 is 12.8 Å². The van der Waals surface area contributed by atoms with Gasteiger partial charge in [-0.15, -0.1) is 0 Å². The summed E-state index contributed by atoms with van der Waals surface area (Å²) in [5.41, 5.74) is 0.731. The lowest BCUT2D eigenvalue weighted by molar-refractivity contribution is 0.597. The fourth-order valence-corrected chi connectivity index (χ4v) is 4.24. The molecule has 20 heavy (non-hydrogen) atoms. The van der Waals surface area contributed by atoms with Crippen molar-refractivity contribution in [3.63, 3.8) is 0 Å². The number of hydrogen-bond acceptors (Lipinski definition) is 3. The van der Waals surface area contributed by atoms with Crippen LogP contribution in [0.1, 0.15) is 5.56 Å². The summed E-state index contributed by atoms with van der Waals surface area (Å²) in [6.07, 6.45) is 2.25.